The predicted octanol–water partition coefficient (Wildman–Crippen LogP) is -0.944. The Labute approximate surface area is 69.3 Å². The summed E-state index contributed by atoms with van der Waals surface area (Å²) in [6, 6.07) is 1.32. The second kappa shape index (κ2) is 3.36. The second-order valence-electron chi connectivity index (χ2n) is 2.80. The smallest absolute Gasteiger partial charge is 0.292 e. The zero-order valence-electron chi connectivity index (χ0n) is 7.07. The first-order chi connectivity index (χ1) is 5.59. The van der Waals surface area contributed by atoms with Gasteiger partial charge in [-0.2, -0.15) is 0 Å². The maximum Gasteiger partial charge on any atom is 0.329 e. The van der Waals surface area contributed by atoms with E-state index in [1.165, 1.54) is 16.8 Å². The van der Waals surface area contributed by atoms with E-state index in [4.69, 9.17) is 0 Å². The fraction of sp³-hybridized carbons (Fsp3) is 0.429. The molecule has 0 aliphatic rings. The molecule has 0 atom stereocenters. The highest BCUT2D eigenvalue weighted by molar-refractivity contribution is 4.81. The van der Waals surface area contributed by atoms with E-state index in [2.05, 4.69) is 4.98 Å². The molecule has 66 valence electrons. The van der Waals surface area contributed by atoms with Crippen LogP contribution in [0, 0.1) is 0 Å². The molecule has 0 saturated carbocycles. The van der Waals surface area contributed by atoms with Gasteiger partial charge in [0.2, 0.25) is 0 Å². The minimum absolute atomic E-state index is 0.366. The molecule has 0 amide bonds. The molecular formula is C7H11N3O2. The summed E-state index contributed by atoms with van der Waals surface area (Å²) in [7, 11) is 3.69. The lowest BCUT2D eigenvalue weighted by molar-refractivity contribution is 0.317. The lowest BCUT2D eigenvalue weighted by atomic mass is 10.6. The molecule has 1 aromatic heterocycles. The standard InChI is InChI=1S/C7H11N3O2/c1-9(2)5-10-4-3-6(11)8-7(10)12/h3-4H,5H2,1-2H3,(H,8,11,12). The molecule has 0 radical (unpaired) electrons. The van der Waals surface area contributed by atoms with E-state index >= 15 is 0 Å². The average Bonchev–Trinajstić information content (AvgIpc) is 1.94. The van der Waals surface area contributed by atoms with Crippen LogP contribution in [0.3, 0.4) is 0 Å². The van der Waals surface area contributed by atoms with Crippen LogP contribution in [0.25, 0.3) is 0 Å². The van der Waals surface area contributed by atoms with Crippen molar-refractivity contribution >= 4 is 0 Å². The number of H-pyrrole nitrogens is 1. The molecule has 5 nitrogen and oxygen atoms in total. The summed E-state index contributed by atoms with van der Waals surface area (Å²) in [5.41, 5.74) is -0.744. The van der Waals surface area contributed by atoms with Crippen LogP contribution < -0.4 is 11.2 Å². The van der Waals surface area contributed by atoms with E-state index in [0.717, 1.165) is 0 Å². The molecule has 0 fully saturated rings. The van der Waals surface area contributed by atoms with E-state index in [1.54, 1.807) is 0 Å². The van der Waals surface area contributed by atoms with Crippen LogP contribution >= 0.6 is 0 Å². The third-order valence-corrected chi connectivity index (χ3v) is 1.33. The van der Waals surface area contributed by atoms with Crippen LogP contribution in [0.5, 0.6) is 0 Å². The van der Waals surface area contributed by atoms with Gasteiger partial charge < -0.3 is 0 Å². The Bertz CT molecular complexity index is 363. The third-order valence-electron chi connectivity index (χ3n) is 1.33. The topological polar surface area (TPSA) is 58.1 Å². The van der Waals surface area contributed by atoms with E-state index < -0.39 is 0 Å². The molecule has 0 aliphatic carbocycles. The summed E-state index contributed by atoms with van der Waals surface area (Å²) >= 11 is 0. The van der Waals surface area contributed by atoms with Gasteiger partial charge in [-0.15, -0.1) is 0 Å². The summed E-state index contributed by atoms with van der Waals surface area (Å²) in [5, 5.41) is 0. The first-order valence-electron chi connectivity index (χ1n) is 3.54. The van der Waals surface area contributed by atoms with Crippen molar-refractivity contribution in [2.24, 2.45) is 0 Å². The van der Waals surface area contributed by atoms with E-state index in [9.17, 15) is 9.59 Å². The molecule has 5 heteroatoms. The summed E-state index contributed by atoms with van der Waals surface area (Å²) < 4.78 is 1.42. The number of nitrogens with zero attached hydrogens (tertiary/aromatic N) is 2. The van der Waals surface area contributed by atoms with Crippen LogP contribution in [-0.2, 0) is 6.67 Å². The molecule has 1 rings (SSSR count). The van der Waals surface area contributed by atoms with Crippen molar-refractivity contribution in [1.82, 2.24) is 14.5 Å². The monoisotopic (exact) mass is 169 g/mol. The van der Waals surface area contributed by atoms with Crippen LogP contribution in [-0.4, -0.2) is 28.5 Å². The van der Waals surface area contributed by atoms with Crippen molar-refractivity contribution in [1.29, 1.82) is 0 Å². The zero-order chi connectivity index (χ0) is 9.14. The number of rotatable bonds is 2. The lowest BCUT2D eigenvalue weighted by Crippen LogP contribution is -2.32. The molecule has 1 heterocycles. The molecule has 0 aliphatic heterocycles. The van der Waals surface area contributed by atoms with E-state index in [1.807, 2.05) is 19.0 Å². The van der Waals surface area contributed by atoms with Crippen LogP contribution in [0.1, 0.15) is 0 Å². The predicted molar refractivity (Wildman–Crippen MR) is 45.0 cm³/mol. The highest BCUT2D eigenvalue weighted by atomic mass is 16.2. The normalized spacial score (nSPS) is 10.6. The van der Waals surface area contributed by atoms with Gasteiger partial charge in [0.15, 0.2) is 0 Å². The van der Waals surface area contributed by atoms with Crippen LogP contribution in [0.2, 0.25) is 0 Å². The van der Waals surface area contributed by atoms with Gasteiger partial charge in [-0.1, -0.05) is 0 Å². The van der Waals surface area contributed by atoms with Crippen LogP contribution in [0.15, 0.2) is 21.9 Å². The molecule has 0 aromatic carbocycles. The number of hydrogen-bond acceptors (Lipinski definition) is 3. The molecule has 1 N–H and O–H groups in total. The third kappa shape index (κ3) is 2.06. The first kappa shape index (κ1) is 8.73. The van der Waals surface area contributed by atoms with Gasteiger partial charge in [-0.05, 0) is 14.1 Å². The highest BCUT2D eigenvalue weighted by Crippen LogP contribution is 1.79. The van der Waals surface area contributed by atoms with Crippen molar-refractivity contribution in [2.45, 2.75) is 6.67 Å². The van der Waals surface area contributed by atoms with Gasteiger partial charge in [-0.25, -0.2) is 4.79 Å². The van der Waals surface area contributed by atoms with Crippen molar-refractivity contribution < 1.29 is 0 Å². The summed E-state index contributed by atoms with van der Waals surface area (Å²) in [5.74, 6) is 0. The van der Waals surface area contributed by atoms with E-state index in [-0.39, 0.29) is 11.2 Å². The second-order valence-corrected chi connectivity index (χ2v) is 2.80. The Kier molecular flexibility index (Phi) is 2.44. The molecular weight excluding hydrogens is 158 g/mol. The van der Waals surface area contributed by atoms with Gasteiger partial charge in [0.05, 0.1) is 6.67 Å². The highest BCUT2D eigenvalue weighted by Gasteiger charge is 1.95. The summed E-state index contributed by atoms with van der Waals surface area (Å²) in [4.78, 5) is 25.7. The van der Waals surface area contributed by atoms with Crippen molar-refractivity contribution in [3.05, 3.63) is 33.1 Å². The van der Waals surface area contributed by atoms with Gasteiger partial charge in [0.1, 0.15) is 0 Å². The minimum Gasteiger partial charge on any atom is -0.292 e. The summed E-state index contributed by atoms with van der Waals surface area (Å²) in [6.07, 6.45) is 1.47. The number of nitrogens with one attached hydrogen (secondary N) is 1. The quantitative estimate of drug-likeness (QED) is 0.621. The van der Waals surface area contributed by atoms with Gasteiger partial charge >= 0.3 is 5.69 Å². The molecule has 0 bridgehead atoms. The first-order valence-corrected chi connectivity index (χ1v) is 3.54. The Balaban J connectivity index is 3.02. The fourth-order valence-electron chi connectivity index (χ4n) is 0.860. The maximum absolute atomic E-state index is 11.1. The molecule has 0 unspecified atom stereocenters. The maximum atomic E-state index is 11.1. The van der Waals surface area contributed by atoms with Gasteiger partial charge in [-0.3, -0.25) is 19.2 Å². The number of hydrogen-bond donors (Lipinski definition) is 1. The Morgan fingerprint density at radius 3 is 2.67 bits per heavy atom. The molecule has 0 spiro atoms. The van der Waals surface area contributed by atoms with Crippen LogP contribution in [0.4, 0.5) is 0 Å². The van der Waals surface area contributed by atoms with E-state index in [0.29, 0.717) is 6.67 Å². The Morgan fingerprint density at radius 1 is 1.50 bits per heavy atom. The lowest BCUT2D eigenvalue weighted by Gasteiger charge is -2.10. The molecule has 0 saturated heterocycles. The largest absolute Gasteiger partial charge is 0.329 e. The molecule has 1 aromatic rings. The Hall–Kier alpha value is -1.36. The number of aromatic nitrogens is 2. The van der Waals surface area contributed by atoms with Gasteiger partial charge in [0, 0.05) is 12.3 Å². The fourth-order valence-corrected chi connectivity index (χ4v) is 0.860. The minimum atomic E-state index is -0.379. The van der Waals surface area contributed by atoms with Crippen molar-refractivity contribution in [3.8, 4) is 0 Å². The molecule has 12 heavy (non-hydrogen) atoms. The van der Waals surface area contributed by atoms with Crippen molar-refractivity contribution in [3.63, 3.8) is 0 Å². The number of aromatic amines is 1. The Morgan fingerprint density at radius 2 is 2.17 bits per heavy atom. The average molecular weight is 169 g/mol. The van der Waals surface area contributed by atoms with Gasteiger partial charge in [0.25, 0.3) is 5.56 Å². The zero-order valence-corrected chi connectivity index (χ0v) is 7.07. The summed E-state index contributed by atoms with van der Waals surface area (Å²) in [6.45, 7) is 0.468. The van der Waals surface area contributed by atoms with Crippen molar-refractivity contribution in [2.75, 3.05) is 14.1 Å². The SMILES string of the molecule is CN(C)Cn1ccc(=O)[nH]c1=O.